The van der Waals surface area contributed by atoms with Crippen molar-refractivity contribution in [2.75, 3.05) is 6.54 Å². The molecule has 4 heteroatoms. The number of benzene rings is 2. The molecule has 0 amide bonds. The highest BCUT2D eigenvalue weighted by Gasteiger charge is 2.25. The van der Waals surface area contributed by atoms with Gasteiger partial charge in [0.05, 0.1) is 0 Å². The van der Waals surface area contributed by atoms with Crippen LogP contribution in [0.15, 0.2) is 51.7 Å². The summed E-state index contributed by atoms with van der Waals surface area (Å²) in [6, 6.07) is 12.6. The molecule has 0 N–H and O–H groups in total. The quantitative estimate of drug-likeness (QED) is 0.652. The first-order valence-corrected chi connectivity index (χ1v) is 8.57. The molecule has 128 valence electrons. The minimum atomic E-state index is -0.329. The molecule has 2 aromatic carbocycles. The Morgan fingerprint density at radius 1 is 1.20 bits per heavy atom. The molecular weight excluding hydrogens is 317 g/mol. The fourth-order valence-electron chi connectivity index (χ4n) is 3.74. The second-order valence-corrected chi connectivity index (χ2v) is 6.83. The molecule has 25 heavy (non-hydrogen) atoms. The van der Waals surface area contributed by atoms with Gasteiger partial charge in [-0.3, -0.25) is 4.90 Å². The second kappa shape index (κ2) is 6.12. The van der Waals surface area contributed by atoms with E-state index in [0.717, 1.165) is 35.0 Å². The Hall–Kier alpha value is -2.46. The zero-order valence-corrected chi connectivity index (χ0v) is 14.4. The fraction of sp³-hybridized carbons (Fsp3) is 0.286. The molecule has 0 spiro atoms. The number of hydrogen-bond donors (Lipinski definition) is 0. The van der Waals surface area contributed by atoms with E-state index in [1.807, 2.05) is 31.2 Å². The Morgan fingerprint density at radius 3 is 2.88 bits per heavy atom. The molecule has 2 heterocycles. The SMILES string of the molecule is Cc1ccc2c(CN3CCc4ccc(F)cc4C3C)cc(=O)oc2c1. The lowest BCUT2D eigenvalue weighted by atomic mass is 9.93. The lowest BCUT2D eigenvalue weighted by Crippen LogP contribution is -2.33. The predicted molar refractivity (Wildman–Crippen MR) is 96.2 cm³/mol. The van der Waals surface area contributed by atoms with E-state index < -0.39 is 0 Å². The van der Waals surface area contributed by atoms with E-state index in [2.05, 4.69) is 11.8 Å². The second-order valence-electron chi connectivity index (χ2n) is 6.83. The molecule has 0 fully saturated rings. The number of fused-ring (bicyclic) bond motifs is 2. The Bertz CT molecular complexity index is 1010. The van der Waals surface area contributed by atoms with Gasteiger partial charge in [-0.2, -0.15) is 0 Å². The third-order valence-corrected chi connectivity index (χ3v) is 5.13. The van der Waals surface area contributed by atoms with Crippen LogP contribution < -0.4 is 5.63 Å². The van der Waals surface area contributed by atoms with Crippen molar-refractivity contribution in [3.05, 3.63) is 81.0 Å². The van der Waals surface area contributed by atoms with Gasteiger partial charge in [0, 0.05) is 30.6 Å². The van der Waals surface area contributed by atoms with Gasteiger partial charge >= 0.3 is 5.63 Å². The summed E-state index contributed by atoms with van der Waals surface area (Å²) in [6.45, 7) is 5.59. The Balaban J connectivity index is 1.71. The van der Waals surface area contributed by atoms with Gasteiger partial charge in [0.2, 0.25) is 0 Å². The molecule has 0 saturated heterocycles. The minimum absolute atomic E-state index is 0.104. The minimum Gasteiger partial charge on any atom is -0.423 e. The molecule has 4 rings (SSSR count). The molecule has 1 atom stereocenters. The molecule has 1 aliphatic heterocycles. The number of hydrogen-bond acceptors (Lipinski definition) is 3. The average Bonchev–Trinajstić information content (AvgIpc) is 2.57. The third kappa shape index (κ3) is 2.98. The Morgan fingerprint density at radius 2 is 2.04 bits per heavy atom. The zero-order valence-electron chi connectivity index (χ0n) is 14.4. The van der Waals surface area contributed by atoms with Crippen molar-refractivity contribution in [2.24, 2.45) is 0 Å². The van der Waals surface area contributed by atoms with Crippen LogP contribution in [-0.2, 0) is 13.0 Å². The maximum absolute atomic E-state index is 13.6. The number of nitrogens with zero attached hydrogens (tertiary/aromatic N) is 1. The summed E-state index contributed by atoms with van der Waals surface area (Å²) >= 11 is 0. The molecule has 0 radical (unpaired) electrons. The van der Waals surface area contributed by atoms with E-state index in [1.165, 1.54) is 11.6 Å². The van der Waals surface area contributed by atoms with Gasteiger partial charge in [0.1, 0.15) is 11.4 Å². The molecule has 1 aliphatic rings. The van der Waals surface area contributed by atoms with Crippen molar-refractivity contribution in [3.63, 3.8) is 0 Å². The lowest BCUT2D eigenvalue weighted by Gasteiger charge is -2.35. The summed E-state index contributed by atoms with van der Waals surface area (Å²) in [5.74, 6) is -0.200. The lowest BCUT2D eigenvalue weighted by molar-refractivity contribution is 0.189. The normalized spacial score (nSPS) is 17.6. The van der Waals surface area contributed by atoms with Gasteiger partial charge in [-0.15, -0.1) is 0 Å². The molecule has 1 aromatic heterocycles. The highest BCUT2D eigenvalue weighted by atomic mass is 19.1. The maximum atomic E-state index is 13.6. The smallest absolute Gasteiger partial charge is 0.336 e. The summed E-state index contributed by atoms with van der Waals surface area (Å²) < 4.78 is 19.0. The van der Waals surface area contributed by atoms with Crippen LogP contribution in [-0.4, -0.2) is 11.4 Å². The largest absolute Gasteiger partial charge is 0.423 e. The van der Waals surface area contributed by atoms with E-state index in [0.29, 0.717) is 12.1 Å². The van der Waals surface area contributed by atoms with Crippen molar-refractivity contribution < 1.29 is 8.81 Å². The van der Waals surface area contributed by atoms with Crippen molar-refractivity contribution in [1.29, 1.82) is 0 Å². The summed E-state index contributed by atoms with van der Waals surface area (Å²) in [7, 11) is 0. The highest BCUT2D eigenvalue weighted by Crippen LogP contribution is 2.32. The monoisotopic (exact) mass is 337 g/mol. The molecule has 3 aromatic rings. The standard InChI is InChI=1S/C21H20FNO2/c1-13-3-6-18-16(10-21(24)25-20(18)9-13)12-23-8-7-15-4-5-17(22)11-19(15)14(23)2/h3-6,9-11,14H,7-8,12H2,1-2H3. The van der Waals surface area contributed by atoms with E-state index in [9.17, 15) is 9.18 Å². The first kappa shape index (κ1) is 16.0. The predicted octanol–water partition coefficient (Wildman–Crippen LogP) is 4.36. The van der Waals surface area contributed by atoms with Crippen molar-refractivity contribution >= 4 is 11.0 Å². The Labute approximate surface area is 145 Å². The first-order valence-electron chi connectivity index (χ1n) is 8.57. The van der Waals surface area contributed by atoms with Gasteiger partial charge in [0.25, 0.3) is 0 Å². The van der Waals surface area contributed by atoms with E-state index in [-0.39, 0.29) is 17.5 Å². The van der Waals surface area contributed by atoms with Crippen LogP contribution >= 0.6 is 0 Å². The van der Waals surface area contributed by atoms with Crippen molar-refractivity contribution in [3.8, 4) is 0 Å². The Kier molecular flexibility index (Phi) is 3.92. The van der Waals surface area contributed by atoms with Gasteiger partial charge in [-0.1, -0.05) is 18.2 Å². The van der Waals surface area contributed by atoms with Crippen LogP contribution in [0.25, 0.3) is 11.0 Å². The van der Waals surface area contributed by atoms with Gasteiger partial charge in [-0.05, 0) is 60.7 Å². The van der Waals surface area contributed by atoms with E-state index in [1.54, 1.807) is 12.1 Å². The number of aryl methyl sites for hydroxylation is 1. The van der Waals surface area contributed by atoms with Crippen molar-refractivity contribution in [1.82, 2.24) is 4.90 Å². The molecule has 0 saturated carbocycles. The van der Waals surface area contributed by atoms with E-state index in [4.69, 9.17) is 4.42 Å². The first-order chi connectivity index (χ1) is 12.0. The topological polar surface area (TPSA) is 33.5 Å². The van der Waals surface area contributed by atoms with Gasteiger partial charge in [-0.25, -0.2) is 9.18 Å². The highest BCUT2D eigenvalue weighted by molar-refractivity contribution is 5.80. The average molecular weight is 337 g/mol. The summed E-state index contributed by atoms with van der Waals surface area (Å²) in [4.78, 5) is 14.2. The van der Waals surface area contributed by atoms with Crippen LogP contribution in [0.2, 0.25) is 0 Å². The molecular formula is C21H20FNO2. The molecule has 3 nitrogen and oxygen atoms in total. The molecule has 0 aliphatic carbocycles. The summed E-state index contributed by atoms with van der Waals surface area (Å²) in [5.41, 5.74) is 4.55. The molecule has 1 unspecified atom stereocenters. The van der Waals surface area contributed by atoms with Crippen LogP contribution in [0.4, 0.5) is 4.39 Å². The van der Waals surface area contributed by atoms with Crippen molar-refractivity contribution in [2.45, 2.75) is 32.9 Å². The van der Waals surface area contributed by atoms with Crippen LogP contribution in [0.5, 0.6) is 0 Å². The maximum Gasteiger partial charge on any atom is 0.336 e. The van der Waals surface area contributed by atoms with Crippen LogP contribution in [0, 0.1) is 12.7 Å². The van der Waals surface area contributed by atoms with Crippen LogP contribution in [0.1, 0.15) is 35.2 Å². The fourth-order valence-corrected chi connectivity index (χ4v) is 3.74. The summed E-state index contributed by atoms with van der Waals surface area (Å²) in [6.07, 6.45) is 0.887. The third-order valence-electron chi connectivity index (χ3n) is 5.13. The zero-order chi connectivity index (χ0) is 17.6. The number of halogens is 1. The molecule has 0 bridgehead atoms. The number of rotatable bonds is 2. The summed E-state index contributed by atoms with van der Waals surface area (Å²) in [5, 5.41) is 0.961. The van der Waals surface area contributed by atoms with Crippen LogP contribution in [0.3, 0.4) is 0 Å². The van der Waals surface area contributed by atoms with E-state index >= 15 is 0 Å². The van der Waals surface area contributed by atoms with Gasteiger partial charge < -0.3 is 4.42 Å². The van der Waals surface area contributed by atoms with Gasteiger partial charge in [0.15, 0.2) is 0 Å².